The van der Waals surface area contributed by atoms with Gasteiger partial charge in [0.25, 0.3) is 0 Å². The fourth-order valence-corrected chi connectivity index (χ4v) is 22.4. The van der Waals surface area contributed by atoms with Gasteiger partial charge in [0, 0.05) is 95.1 Å². The largest absolute Gasteiger partial charge is 0.299 e. The van der Waals surface area contributed by atoms with Gasteiger partial charge in [0.15, 0.2) is 5.82 Å². The third-order valence-corrected chi connectivity index (χ3v) is 29.1. The quantitative estimate of drug-likeness (QED) is 0.130. The normalized spacial score (nSPS) is 11.9. The number of imidazole rings is 3. The molecule has 0 bridgehead atoms. The number of benzene rings is 22. The van der Waals surface area contributed by atoms with Crippen LogP contribution in [0.15, 0.2) is 486 Å². The Kier molecular flexibility index (Phi) is 19.1. The number of aromatic nitrogens is 12. The van der Waals surface area contributed by atoms with Crippen LogP contribution in [0.4, 0.5) is 0 Å². The molecular formula is C133H80N12. The molecule has 0 radical (unpaired) electrons. The second kappa shape index (κ2) is 33.6. The van der Waals surface area contributed by atoms with Crippen molar-refractivity contribution in [1.82, 2.24) is 58.1 Å². The average molecular weight is 1850 g/mol. The van der Waals surface area contributed by atoms with Gasteiger partial charge in [-0.3, -0.25) is 13.2 Å². The zero-order valence-corrected chi connectivity index (χ0v) is 78.1. The molecular weight excluding hydrogens is 1770 g/mol. The highest BCUT2D eigenvalue weighted by molar-refractivity contribution is 6.34. The molecule has 9 aromatic heterocycles. The number of fused-ring (bicyclic) bond motifs is 35. The summed E-state index contributed by atoms with van der Waals surface area (Å²) >= 11 is 0. The molecule has 0 saturated carbocycles. The van der Waals surface area contributed by atoms with E-state index in [9.17, 15) is 0 Å². The molecule has 0 aliphatic carbocycles. The van der Waals surface area contributed by atoms with Gasteiger partial charge in [0.2, 0.25) is 0 Å². The fourth-order valence-electron chi connectivity index (χ4n) is 22.4. The summed E-state index contributed by atoms with van der Waals surface area (Å²) in [5.74, 6) is 0.719. The Morgan fingerprint density at radius 2 is 0.469 bits per heavy atom. The molecule has 0 saturated heterocycles. The second-order valence-corrected chi connectivity index (χ2v) is 37.3. The molecule has 0 fully saturated rings. The summed E-state index contributed by atoms with van der Waals surface area (Å²) in [5, 5.41) is 24.9. The Bertz CT molecular complexity index is 10800. The first kappa shape index (κ1) is 82.4. The molecule has 12 nitrogen and oxygen atoms in total. The van der Waals surface area contributed by atoms with Crippen LogP contribution in [0.3, 0.4) is 0 Å². The molecule has 0 unspecified atom stereocenters. The number of nitrogens with zero attached hydrogens (tertiary/aromatic N) is 12. The van der Waals surface area contributed by atoms with E-state index in [1.807, 2.05) is 48.5 Å². The smallest absolute Gasteiger partial charge is 0.160 e. The van der Waals surface area contributed by atoms with Gasteiger partial charge in [-0.25, -0.2) is 44.9 Å². The van der Waals surface area contributed by atoms with Crippen LogP contribution in [0.2, 0.25) is 0 Å². The summed E-state index contributed by atoms with van der Waals surface area (Å²) < 4.78 is 6.65. The molecule has 0 atom stereocenters. The Morgan fingerprint density at radius 1 is 0.145 bits per heavy atom. The van der Waals surface area contributed by atoms with Crippen molar-refractivity contribution in [3.63, 3.8) is 0 Å². The molecule has 0 aliphatic heterocycles. The van der Waals surface area contributed by atoms with E-state index >= 15 is 0 Å². The molecule has 0 N–H and O–H groups in total. The third-order valence-electron chi connectivity index (χ3n) is 29.1. The molecule has 31 aromatic rings. The zero-order chi connectivity index (χ0) is 95.3. The van der Waals surface area contributed by atoms with E-state index in [-0.39, 0.29) is 0 Å². The Morgan fingerprint density at radius 3 is 0.917 bits per heavy atom. The number of hydrogen-bond donors (Lipinski definition) is 0. The van der Waals surface area contributed by atoms with Crippen molar-refractivity contribution < 1.29 is 0 Å². The summed E-state index contributed by atoms with van der Waals surface area (Å²) in [5.41, 5.74) is 31.2. The minimum Gasteiger partial charge on any atom is -0.299 e. The highest BCUT2D eigenvalue weighted by Gasteiger charge is 2.26. The molecule has 0 amide bonds. The van der Waals surface area contributed by atoms with Crippen molar-refractivity contribution in [3.8, 4) is 101 Å². The van der Waals surface area contributed by atoms with E-state index in [0.717, 1.165) is 205 Å². The van der Waals surface area contributed by atoms with Gasteiger partial charge in [0.05, 0.1) is 89.2 Å². The van der Waals surface area contributed by atoms with Crippen LogP contribution in [0, 0.1) is 0 Å². The van der Waals surface area contributed by atoms with Crippen LogP contribution in [-0.2, 0) is 0 Å². The van der Waals surface area contributed by atoms with Crippen LogP contribution >= 0.6 is 0 Å². The number of pyridine rings is 3. The first-order chi connectivity index (χ1) is 71.9. The number of para-hydroxylation sites is 1. The van der Waals surface area contributed by atoms with Crippen LogP contribution < -0.4 is 0 Å². The first-order valence-corrected chi connectivity index (χ1v) is 49.0. The number of rotatable bonds is 9. The molecule has 0 aliphatic rings. The highest BCUT2D eigenvalue weighted by Crippen LogP contribution is 2.49. The van der Waals surface area contributed by atoms with Gasteiger partial charge >= 0.3 is 0 Å². The third kappa shape index (κ3) is 13.6. The molecule has 22 aromatic carbocycles. The molecule has 672 valence electrons. The maximum absolute atomic E-state index is 5.39. The molecule has 12 heteroatoms. The van der Waals surface area contributed by atoms with Crippen molar-refractivity contribution in [3.05, 3.63) is 486 Å². The topological polar surface area (TPSA) is 129 Å². The summed E-state index contributed by atoms with van der Waals surface area (Å²) in [4.78, 5) is 46.9. The Balaban J connectivity index is 0.000000104. The first-order valence-electron chi connectivity index (χ1n) is 49.0. The summed E-state index contributed by atoms with van der Waals surface area (Å²) in [6.45, 7) is 0. The maximum atomic E-state index is 5.39. The van der Waals surface area contributed by atoms with Crippen LogP contribution in [0.5, 0.6) is 0 Å². The lowest BCUT2D eigenvalue weighted by atomic mass is 9.89. The van der Waals surface area contributed by atoms with Gasteiger partial charge in [-0.1, -0.05) is 382 Å². The van der Waals surface area contributed by atoms with E-state index in [1.54, 1.807) is 0 Å². The lowest BCUT2D eigenvalue weighted by Gasteiger charge is -2.16. The van der Waals surface area contributed by atoms with Crippen molar-refractivity contribution in [2.24, 2.45) is 0 Å². The summed E-state index contributed by atoms with van der Waals surface area (Å²) in [7, 11) is 0. The SMILES string of the molecule is c1ccc(-c2cc3nc(-c4ccccc4)c(-c4ccccc4)nc3cc2-c2ccc3c(c2)c2c4ccccc4ccc2c2nc4ccccn4c32)cc1.c1ccc(-c2nc(-c3ccc4c(c3)c3c5ccccc5ccc3c3nc5ccccn5c43)nc3ccccc23)cc1.c1ccc(-c2nc3ccc4cc(-c5ccc6c(c5)c5c7ccccc7ccc5c5nc7ccccn7c65)ccc4c3nc2-c2ccccc2)cc1. The van der Waals surface area contributed by atoms with E-state index in [0.29, 0.717) is 0 Å². The molecule has 31 rings (SSSR count). The minimum absolute atomic E-state index is 0.719. The predicted octanol–water partition coefficient (Wildman–Crippen LogP) is 33.8. The second-order valence-electron chi connectivity index (χ2n) is 37.3. The van der Waals surface area contributed by atoms with Crippen molar-refractivity contribution in [2.75, 3.05) is 0 Å². The lowest BCUT2D eigenvalue weighted by molar-refractivity contribution is 1.23. The van der Waals surface area contributed by atoms with Gasteiger partial charge in [0.1, 0.15) is 16.9 Å². The van der Waals surface area contributed by atoms with Gasteiger partial charge in [-0.15, -0.1) is 0 Å². The summed E-state index contributed by atoms with van der Waals surface area (Å²) in [6, 6.07) is 165. The predicted molar refractivity (Wildman–Crippen MR) is 601 cm³/mol. The fraction of sp³-hybridized carbons (Fsp3) is 0. The van der Waals surface area contributed by atoms with Crippen molar-refractivity contribution in [1.29, 1.82) is 0 Å². The zero-order valence-electron chi connectivity index (χ0n) is 78.1. The Hall–Kier alpha value is -19.7. The molecule has 9 heterocycles. The van der Waals surface area contributed by atoms with E-state index < -0.39 is 0 Å². The van der Waals surface area contributed by atoms with Gasteiger partial charge < -0.3 is 0 Å². The standard InChI is InChI=1S/C49H30N4.C47H28N4.C37H22N4/c1-4-14-31(15-5-1)39-29-42-43(51-47(34-19-8-3-9-20-34)46(50-42)33-17-6-2-7-18-33)30-40(39)35-24-25-37-41(28-35)45-36-21-11-10-16-32(36)23-26-38(45)48-49(37)53-27-13-12-22-44(53)52-48;1-3-12-30(13-4-1)43-44(31-14-5-2-6-15-31)50-45-36-22-19-32(27-34(36)21-25-40(45)48-43)33-20-23-37-39(28-33)42-35-16-8-7-11-29(35)18-24-38(42)46-47(37)51-26-10-9-17-41(51)49-46;1-2-11-24(12-3-1)34-28-14-6-7-15-31(28)38-37(40-34)25-18-19-27-30(22-25)33-26-13-5-4-10-23(26)17-20-29(33)35-36(27)41-21-9-8-16-32(41)39-35/h1-30H;1-28H;1-22H. The highest BCUT2D eigenvalue weighted by atomic mass is 15.0. The van der Waals surface area contributed by atoms with Crippen molar-refractivity contribution in [2.45, 2.75) is 0 Å². The van der Waals surface area contributed by atoms with Crippen molar-refractivity contribution >= 4 is 191 Å². The maximum Gasteiger partial charge on any atom is 0.160 e. The average Bonchev–Trinajstić information content (AvgIpc) is 1.58. The lowest BCUT2D eigenvalue weighted by Crippen LogP contribution is -1.97. The van der Waals surface area contributed by atoms with Crippen LogP contribution in [0.1, 0.15) is 0 Å². The van der Waals surface area contributed by atoms with E-state index in [1.165, 1.54) is 86.4 Å². The summed E-state index contributed by atoms with van der Waals surface area (Å²) in [6.07, 6.45) is 6.34. The van der Waals surface area contributed by atoms with Crippen LogP contribution in [-0.4, -0.2) is 58.1 Å². The van der Waals surface area contributed by atoms with Gasteiger partial charge in [-0.05, 0) is 188 Å². The minimum atomic E-state index is 0.719. The van der Waals surface area contributed by atoms with Crippen LogP contribution in [0.25, 0.3) is 292 Å². The Labute approximate surface area is 829 Å². The van der Waals surface area contributed by atoms with Gasteiger partial charge in [-0.2, -0.15) is 0 Å². The molecule has 0 spiro atoms. The monoisotopic (exact) mass is 1840 g/mol. The number of hydrogen-bond acceptors (Lipinski definition) is 9. The van der Waals surface area contributed by atoms with E-state index in [4.69, 9.17) is 44.9 Å². The van der Waals surface area contributed by atoms with E-state index in [2.05, 4.69) is 450 Å². The molecule has 145 heavy (non-hydrogen) atoms.